The van der Waals surface area contributed by atoms with Crippen LogP contribution in [0.4, 0.5) is 0 Å². The molecule has 4 nitrogen and oxygen atoms in total. The van der Waals surface area contributed by atoms with Gasteiger partial charge < -0.3 is 4.74 Å². The van der Waals surface area contributed by atoms with Gasteiger partial charge in [0.25, 0.3) is 0 Å². The second-order valence-corrected chi connectivity index (χ2v) is 5.30. The minimum Gasteiger partial charge on any atom is -0.450 e. The number of ketones is 2. The highest BCUT2D eigenvalue weighted by Gasteiger charge is 2.37. The maximum absolute atomic E-state index is 12.4. The summed E-state index contributed by atoms with van der Waals surface area (Å²) in [5, 5.41) is 0. The van der Waals surface area contributed by atoms with E-state index >= 15 is 0 Å². The summed E-state index contributed by atoms with van der Waals surface area (Å²) >= 11 is 0. The Balaban J connectivity index is 2.06. The molecule has 1 atom stereocenters. The number of hydrogen-bond donors (Lipinski definition) is 0. The van der Waals surface area contributed by atoms with E-state index in [9.17, 15) is 14.4 Å². The molecule has 2 aliphatic rings. The number of ether oxygens (including phenoxy) is 1. The van der Waals surface area contributed by atoms with E-state index in [4.69, 9.17) is 4.74 Å². The van der Waals surface area contributed by atoms with E-state index < -0.39 is 11.6 Å². The normalized spacial score (nSPS) is 22.7. The third kappa shape index (κ3) is 2.33. The van der Waals surface area contributed by atoms with Gasteiger partial charge in [0.2, 0.25) is 0 Å². The van der Waals surface area contributed by atoms with Gasteiger partial charge in [-0.2, -0.15) is 0 Å². The molecule has 0 spiro atoms. The van der Waals surface area contributed by atoms with Crippen molar-refractivity contribution in [3.05, 3.63) is 71.3 Å². The summed E-state index contributed by atoms with van der Waals surface area (Å²) in [6, 6.07) is 6.70. The van der Waals surface area contributed by atoms with Gasteiger partial charge in [0.05, 0.1) is 5.57 Å². The number of carbonyl (C=O) groups excluding carboxylic acids is 3. The smallest absolute Gasteiger partial charge is 0.303 e. The van der Waals surface area contributed by atoms with Crippen LogP contribution in [0.5, 0.6) is 0 Å². The lowest BCUT2D eigenvalue weighted by Gasteiger charge is -2.27. The molecule has 0 aromatic heterocycles. The first kappa shape index (κ1) is 14.2. The summed E-state index contributed by atoms with van der Waals surface area (Å²) in [4.78, 5) is 36.3. The maximum atomic E-state index is 12.4. The summed E-state index contributed by atoms with van der Waals surface area (Å²) in [6.07, 6.45) is 8.94. The van der Waals surface area contributed by atoms with E-state index in [2.05, 4.69) is 0 Å². The number of carbonyl (C=O) groups is 3. The molecule has 0 aliphatic heterocycles. The molecule has 1 unspecified atom stereocenters. The lowest BCUT2D eigenvalue weighted by Crippen LogP contribution is -2.31. The van der Waals surface area contributed by atoms with Crippen molar-refractivity contribution >= 4 is 17.5 Å². The van der Waals surface area contributed by atoms with Crippen LogP contribution in [0, 0.1) is 0 Å². The molecule has 1 aromatic rings. The Morgan fingerprint density at radius 1 is 1.14 bits per heavy atom. The molecular formula is C18H14O4. The van der Waals surface area contributed by atoms with Crippen molar-refractivity contribution in [1.82, 2.24) is 0 Å². The molecule has 0 amide bonds. The number of allylic oxidation sites excluding steroid dienone is 3. The molecule has 0 saturated carbocycles. The fraction of sp³-hybridized carbons (Fsp3) is 0.167. The second kappa shape index (κ2) is 5.22. The predicted octanol–water partition coefficient (Wildman–Crippen LogP) is 2.81. The van der Waals surface area contributed by atoms with Crippen molar-refractivity contribution in [3.63, 3.8) is 0 Å². The lowest BCUT2D eigenvalue weighted by atomic mass is 9.91. The highest BCUT2D eigenvalue weighted by atomic mass is 16.6. The van der Waals surface area contributed by atoms with Crippen molar-refractivity contribution in [3.8, 4) is 0 Å². The molecule has 0 N–H and O–H groups in total. The van der Waals surface area contributed by atoms with Crippen molar-refractivity contribution in [2.75, 3.05) is 0 Å². The van der Waals surface area contributed by atoms with Gasteiger partial charge in [-0.05, 0) is 12.2 Å². The Hall–Kier alpha value is -2.75. The second-order valence-electron chi connectivity index (χ2n) is 5.30. The van der Waals surface area contributed by atoms with Crippen LogP contribution in [0.3, 0.4) is 0 Å². The number of rotatable bonds is 2. The molecule has 1 aromatic carbocycles. The summed E-state index contributed by atoms with van der Waals surface area (Å²) in [5.41, 5.74) is -0.231. The van der Waals surface area contributed by atoms with Crippen molar-refractivity contribution in [2.45, 2.75) is 18.9 Å². The largest absolute Gasteiger partial charge is 0.450 e. The minimum absolute atomic E-state index is 0.0578. The molecule has 2 aliphatic carbocycles. The monoisotopic (exact) mass is 294 g/mol. The van der Waals surface area contributed by atoms with Crippen molar-refractivity contribution in [1.29, 1.82) is 0 Å². The fourth-order valence-corrected chi connectivity index (χ4v) is 2.74. The van der Waals surface area contributed by atoms with Gasteiger partial charge in [0.15, 0.2) is 17.2 Å². The van der Waals surface area contributed by atoms with Crippen LogP contribution in [-0.4, -0.2) is 23.1 Å². The van der Waals surface area contributed by atoms with Crippen molar-refractivity contribution in [2.24, 2.45) is 0 Å². The van der Waals surface area contributed by atoms with Gasteiger partial charge in [-0.1, -0.05) is 42.5 Å². The van der Waals surface area contributed by atoms with Crippen LogP contribution in [0.25, 0.3) is 0 Å². The van der Waals surface area contributed by atoms with Gasteiger partial charge in [0.1, 0.15) is 0 Å². The third-order valence-electron chi connectivity index (χ3n) is 3.69. The highest BCUT2D eigenvalue weighted by Crippen LogP contribution is 2.32. The van der Waals surface area contributed by atoms with E-state index in [0.29, 0.717) is 17.5 Å². The average Bonchev–Trinajstić information content (AvgIpc) is 2.73. The van der Waals surface area contributed by atoms with Crippen LogP contribution in [0.1, 0.15) is 34.1 Å². The fourth-order valence-electron chi connectivity index (χ4n) is 2.74. The maximum Gasteiger partial charge on any atom is 0.303 e. The van der Waals surface area contributed by atoms with E-state index in [0.717, 1.165) is 0 Å². The van der Waals surface area contributed by atoms with Crippen molar-refractivity contribution < 1.29 is 19.1 Å². The Labute approximate surface area is 127 Å². The average molecular weight is 294 g/mol. The predicted molar refractivity (Wildman–Crippen MR) is 80.6 cm³/mol. The number of benzene rings is 1. The number of hydrogen-bond acceptors (Lipinski definition) is 4. The molecule has 0 saturated heterocycles. The molecule has 0 radical (unpaired) electrons. The Bertz CT molecular complexity index is 730. The van der Waals surface area contributed by atoms with Gasteiger partial charge in [-0.3, -0.25) is 14.4 Å². The van der Waals surface area contributed by atoms with Crippen LogP contribution >= 0.6 is 0 Å². The first-order chi connectivity index (χ1) is 10.5. The highest BCUT2D eigenvalue weighted by molar-refractivity contribution is 6.39. The zero-order valence-electron chi connectivity index (χ0n) is 12.0. The SMILES string of the molecule is CC(=O)OC1(C=C2C(=O)c3ccccc3C2=O)C=CC=CC1. The summed E-state index contributed by atoms with van der Waals surface area (Å²) < 4.78 is 5.38. The molecule has 3 rings (SSSR count). The van der Waals surface area contributed by atoms with Crippen LogP contribution in [0.15, 0.2) is 60.2 Å². The third-order valence-corrected chi connectivity index (χ3v) is 3.69. The minimum atomic E-state index is -1.08. The van der Waals surface area contributed by atoms with Gasteiger partial charge in [-0.15, -0.1) is 0 Å². The van der Waals surface area contributed by atoms with Gasteiger partial charge >= 0.3 is 5.97 Å². The van der Waals surface area contributed by atoms with E-state index in [1.165, 1.54) is 13.0 Å². The Morgan fingerprint density at radius 3 is 2.27 bits per heavy atom. The molecule has 22 heavy (non-hydrogen) atoms. The first-order valence-electron chi connectivity index (χ1n) is 6.98. The van der Waals surface area contributed by atoms with Crippen LogP contribution < -0.4 is 0 Å². The first-order valence-corrected chi connectivity index (χ1v) is 6.98. The van der Waals surface area contributed by atoms with E-state index in [-0.39, 0.29) is 17.1 Å². The van der Waals surface area contributed by atoms with Gasteiger partial charge in [0, 0.05) is 24.5 Å². The Kier molecular flexibility index (Phi) is 3.37. The molecule has 0 fully saturated rings. The van der Waals surface area contributed by atoms with Crippen LogP contribution in [0.2, 0.25) is 0 Å². The molecule has 4 heteroatoms. The summed E-state index contributed by atoms with van der Waals surface area (Å²) in [6.45, 7) is 1.31. The molecular weight excluding hydrogens is 280 g/mol. The molecule has 110 valence electrons. The lowest BCUT2D eigenvalue weighted by molar-refractivity contribution is -0.148. The standard InChI is InChI=1S/C18H14O4/c1-12(19)22-18(9-5-2-6-10-18)11-15-16(20)13-7-3-4-8-14(13)17(15)21/h2-9,11H,10H2,1H3. The Morgan fingerprint density at radius 2 is 1.77 bits per heavy atom. The zero-order valence-corrected chi connectivity index (χ0v) is 12.0. The van der Waals surface area contributed by atoms with E-state index in [1.54, 1.807) is 36.4 Å². The topological polar surface area (TPSA) is 60.4 Å². The zero-order chi connectivity index (χ0) is 15.7. The van der Waals surface area contributed by atoms with Crippen LogP contribution in [-0.2, 0) is 9.53 Å². The summed E-state index contributed by atoms with van der Waals surface area (Å²) in [5.74, 6) is -1.11. The van der Waals surface area contributed by atoms with Gasteiger partial charge in [-0.25, -0.2) is 0 Å². The number of esters is 1. The van der Waals surface area contributed by atoms with E-state index in [1.807, 2.05) is 12.2 Å². The molecule has 0 bridgehead atoms. The quantitative estimate of drug-likeness (QED) is 0.478. The number of Topliss-reactive ketones (excluding diaryl/α,β-unsaturated/α-hetero) is 2. The molecule has 0 heterocycles. The summed E-state index contributed by atoms with van der Waals surface area (Å²) in [7, 11) is 0. The number of fused-ring (bicyclic) bond motifs is 1.